The van der Waals surface area contributed by atoms with E-state index >= 15 is 0 Å². The van der Waals surface area contributed by atoms with Crippen LogP contribution >= 0.6 is 0 Å². The van der Waals surface area contributed by atoms with Crippen molar-refractivity contribution in [2.75, 3.05) is 0 Å². The molecule has 1 aromatic heterocycles. The summed E-state index contributed by atoms with van der Waals surface area (Å²) in [5.41, 5.74) is 4.14. The molecule has 0 bridgehead atoms. The van der Waals surface area contributed by atoms with Crippen LogP contribution in [0.15, 0.2) is 73.2 Å². The summed E-state index contributed by atoms with van der Waals surface area (Å²) >= 11 is 0. The molecule has 1 aliphatic rings. The minimum absolute atomic E-state index is 0.00241. The summed E-state index contributed by atoms with van der Waals surface area (Å²) in [6, 6.07) is 19.7. The number of aromatic nitrogens is 2. The van der Waals surface area contributed by atoms with Gasteiger partial charge in [0.25, 0.3) is 0 Å². The van der Waals surface area contributed by atoms with Gasteiger partial charge < -0.3 is 4.57 Å². The number of fused-ring (bicyclic) bond motifs is 1. The van der Waals surface area contributed by atoms with E-state index in [9.17, 15) is 4.79 Å². The van der Waals surface area contributed by atoms with Crippen molar-refractivity contribution in [1.82, 2.24) is 9.55 Å². The van der Waals surface area contributed by atoms with E-state index in [1.807, 2.05) is 61.1 Å². The lowest BCUT2D eigenvalue weighted by Gasteiger charge is -2.17. The summed E-state index contributed by atoms with van der Waals surface area (Å²) in [5, 5.41) is 0. The van der Waals surface area contributed by atoms with E-state index in [2.05, 4.69) is 27.8 Å². The average molecular weight is 300 g/mol. The van der Waals surface area contributed by atoms with Crippen LogP contribution in [0.25, 0.3) is 11.6 Å². The lowest BCUT2D eigenvalue weighted by atomic mass is 9.94. The van der Waals surface area contributed by atoms with Gasteiger partial charge in [0.1, 0.15) is 0 Å². The molecule has 0 aliphatic carbocycles. The van der Waals surface area contributed by atoms with Gasteiger partial charge in [-0.2, -0.15) is 0 Å². The Bertz CT molecular complexity index is 863. The third-order valence-electron chi connectivity index (χ3n) is 4.28. The minimum Gasteiger partial charge on any atom is -0.323 e. The second-order valence-electron chi connectivity index (χ2n) is 5.70. The lowest BCUT2D eigenvalue weighted by molar-refractivity contribution is 0.0972. The van der Waals surface area contributed by atoms with Gasteiger partial charge in [0.05, 0.1) is 24.3 Å². The maximum atomic E-state index is 12.6. The van der Waals surface area contributed by atoms with E-state index in [1.165, 1.54) is 5.57 Å². The third kappa shape index (κ3) is 2.50. The predicted molar refractivity (Wildman–Crippen MR) is 91.0 cm³/mol. The van der Waals surface area contributed by atoms with Crippen molar-refractivity contribution in [1.29, 1.82) is 0 Å². The van der Waals surface area contributed by atoms with Crippen LogP contribution in [0.4, 0.5) is 0 Å². The molecule has 2 heterocycles. The fraction of sp³-hybridized carbons (Fsp3) is 0.100. The zero-order valence-electron chi connectivity index (χ0n) is 12.6. The molecule has 0 radical (unpaired) electrons. The number of Topliss-reactive ketones (excluding diaryl/α,β-unsaturated/α-hetero) is 1. The zero-order valence-corrected chi connectivity index (χ0v) is 12.6. The molecule has 0 fully saturated rings. The van der Waals surface area contributed by atoms with Crippen LogP contribution in [0.1, 0.15) is 34.1 Å². The minimum atomic E-state index is 0.00241. The summed E-state index contributed by atoms with van der Waals surface area (Å²) in [7, 11) is 0. The van der Waals surface area contributed by atoms with Crippen LogP contribution < -0.4 is 0 Å². The molecular formula is C20H16N2O. The summed E-state index contributed by atoms with van der Waals surface area (Å²) in [6.07, 6.45) is 6.22. The monoisotopic (exact) mass is 300 g/mol. The molecule has 3 nitrogen and oxygen atoms in total. The third-order valence-corrected chi connectivity index (χ3v) is 4.28. The van der Waals surface area contributed by atoms with E-state index in [1.54, 1.807) is 0 Å². The van der Waals surface area contributed by atoms with E-state index in [-0.39, 0.29) is 11.8 Å². The van der Waals surface area contributed by atoms with Crippen molar-refractivity contribution in [3.8, 4) is 0 Å². The van der Waals surface area contributed by atoms with Gasteiger partial charge in [-0.25, -0.2) is 4.98 Å². The molecule has 0 amide bonds. The molecule has 1 atom stereocenters. The highest BCUT2D eigenvalue weighted by atomic mass is 16.1. The normalized spacial score (nSPS) is 16.0. The van der Waals surface area contributed by atoms with E-state index in [0.29, 0.717) is 6.42 Å². The molecule has 0 N–H and O–H groups in total. The molecule has 1 unspecified atom stereocenters. The quantitative estimate of drug-likeness (QED) is 0.675. The summed E-state index contributed by atoms with van der Waals surface area (Å²) in [5.74, 6) is 0.152. The first kappa shape index (κ1) is 13.7. The lowest BCUT2D eigenvalue weighted by Crippen LogP contribution is -2.12. The van der Waals surface area contributed by atoms with Gasteiger partial charge in [-0.15, -0.1) is 0 Å². The Morgan fingerprint density at radius 1 is 1.00 bits per heavy atom. The number of rotatable bonds is 4. The van der Waals surface area contributed by atoms with Gasteiger partial charge in [0, 0.05) is 12.0 Å². The standard InChI is InChI=1S/C20H16N2O/c23-20(16-9-5-2-6-10-16)12-19-18(15-7-3-1-4-8-15)11-17-13-21-14-22(17)19/h1-11,13-14,19H,12H2. The molecule has 3 aromatic rings. The molecular weight excluding hydrogens is 284 g/mol. The van der Waals surface area contributed by atoms with Gasteiger partial charge in [-0.1, -0.05) is 60.7 Å². The van der Waals surface area contributed by atoms with Gasteiger partial charge in [0.2, 0.25) is 0 Å². The Hall–Kier alpha value is -2.94. The Morgan fingerprint density at radius 3 is 2.43 bits per heavy atom. The Balaban J connectivity index is 1.68. The highest BCUT2D eigenvalue weighted by Crippen LogP contribution is 2.39. The molecule has 23 heavy (non-hydrogen) atoms. The summed E-state index contributed by atoms with van der Waals surface area (Å²) < 4.78 is 2.09. The SMILES string of the molecule is O=C(CC1C(c2ccccc2)=Cc2cncn21)c1ccccc1. The maximum Gasteiger partial charge on any atom is 0.165 e. The number of carbonyl (C=O) groups excluding carboxylic acids is 1. The van der Waals surface area contributed by atoms with Gasteiger partial charge >= 0.3 is 0 Å². The van der Waals surface area contributed by atoms with Crippen LogP contribution in [0.5, 0.6) is 0 Å². The maximum absolute atomic E-state index is 12.6. The smallest absolute Gasteiger partial charge is 0.165 e. The highest BCUT2D eigenvalue weighted by molar-refractivity contribution is 5.99. The summed E-state index contributed by atoms with van der Waals surface area (Å²) in [4.78, 5) is 16.9. The van der Waals surface area contributed by atoms with Gasteiger partial charge in [0.15, 0.2) is 5.78 Å². The first-order valence-corrected chi connectivity index (χ1v) is 7.70. The Morgan fingerprint density at radius 2 is 1.70 bits per heavy atom. The number of ketones is 1. The van der Waals surface area contributed by atoms with E-state index in [0.717, 1.165) is 16.8 Å². The van der Waals surface area contributed by atoms with E-state index in [4.69, 9.17) is 0 Å². The van der Waals surface area contributed by atoms with Crippen molar-refractivity contribution in [2.24, 2.45) is 0 Å². The zero-order chi connectivity index (χ0) is 15.6. The van der Waals surface area contributed by atoms with Crippen molar-refractivity contribution < 1.29 is 4.79 Å². The van der Waals surface area contributed by atoms with Crippen molar-refractivity contribution in [2.45, 2.75) is 12.5 Å². The number of imidazole rings is 1. The largest absolute Gasteiger partial charge is 0.323 e. The van der Waals surface area contributed by atoms with Crippen molar-refractivity contribution >= 4 is 17.4 Å². The predicted octanol–water partition coefficient (Wildman–Crippen LogP) is 4.25. The van der Waals surface area contributed by atoms with Crippen LogP contribution in [-0.4, -0.2) is 15.3 Å². The number of hydrogen-bond acceptors (Lipinski definition) is 2. The second-order valence-corrected chi connectivity index (χ2v) is 5.70. The number of allylic oxidation sites excluding steroid dienone is 1. The van der Waals surface area contributed by atoms with Crippen LogP contribution in [0, 0.1) is 0 Å². The molecule has 2 aromatic carbocycles. The van der Waals surface area contributed by atoms with E-state index < -0.39 is 0 Å². The average Bonchev–Trinajstić information content (AvgIpc) is 3.19. The first-order valence-electron chi connectivity index (χ1n) is 7.70. The number of carbonyl (C=O) groups is 1. The molecule has 1 aliphatic heterocycles. The number of benzene rings is 2. The highest BCUT2D eigenvalue weighted by Gasteiger charge is 2.28. The molecule has 3 heteroatoms. The van der Waals surface area contributed by atoms with Gasteiger partial charge in [-0.05, 0) is 17.2 Å². The fourth-order valence-corrected chi connectivity index (χ4v) is 3.12. The topological polar surface area (TPSA) is 34.9 Å². The number of hydrogen-bond donors (Lipinski definition) is 0. The second kappa shape index (κ2) is 5.69. The molecule has 112 valence electrons. The fourth-order valence-electron chi connectivity index (χ4n) is 3.12. The molecule has 4 rings (SSSR count). The number of nitrogens with zero attached hydrogens (tertiary/aromatic N) is 2. The Labute approximate surface area is 134 Å². The molecule has 0 saturated carbocycles. The van der Waals surface area contributed by atoms with Crippen LogP contribution in [-0.2, 0) is 0 Å². The first-order chi connectivity index (χ1) is 11.3. The Kier molecular flexibility index (Phi) is 3.39. The van der Waals surface area contributed by atoms with Gasteiger partial charge in [-0.3, -0.25) is 4.79 Å². The van der Waals surface area contributed by atoms with Crippen molar-refractivity contribution in [3.05, 3.63) is 90.0 Å². The van der Waals surface area contributed by atoms with Crippen LogP contribution in [0.3, 0.4) is 0 Å². The summed E-state index contributed by atoms with van der Waals surface area (Å²) in [6.45, 7) is 0. The molecule has 0 saturated heterocycles. The van der Waals surface area contributed by atoms with Crippen LogP contribution in [0.2, 0.25) is 0 Å². The van der Waals surface area contributed by atoms with Crippen molar-refractivity contribution in [3.63, 3.8) is 0 Å². The molecule has 0 spiro atoms.